The molecule has 3 heteroatoms. The number of aliphatic imine (C=N–C) groups is 1. The minimum Gasteiger partial charge on any atom is -0.381 e. The molecule has 0 N–H and O–H groups in total. The number of carbonyl (C=O) groups excluding carboxylic acids is 1. The molecule has 0 atom stereocenters. The van der Waals surface area contributed by atoms with E-state index in [1.165, 1.54) is 26.0 Å². The molecule has 0 spiro atoms. The smallest absolute Gasteiger partial charge is 0.234 e. The van der Waals surface area contributed by atoms with Gasteiger partial charge in [-0.3, -0.25) is 0 Å². The zero-order chi connectivity index (χ0) is 6.95. The third kappa shape index (κ3) is 7.34. The van der Waals surface area contributed by atoms with Gasteiger partial charge in [-0.05, 0) is 12.8 Å². The second kappa shape index (κ2) is 7.34. The molecule has 1 aliphatic heterocycles. The lowest BCUT2D eigenvalue weighted by molar-refractivity contribution is 0.198. The van der Waals surface area contributed by atoms with E-state index in [1.54, 1.807) is 0 Å². The number of isocyanates is 1. The number of nitrogens with zero attached hydrogens (tertiary/aromatic N) is 1. The highest BCUT2D eigenvalue weighted by atomic mass is 16.5. The van der Waals surface area contributed by atoms with Gasteiger partial charge in [0, 0.05) is 20.3 Å². The lowest BCUT2D eigenvalue weighted by Gasteiger charge is -1.76. The van der Waals surface area contributed by atoms with Gasteiger partial charge < -0.3 is 4.74 Å². The summed E-state index contributed by atoms with van der Waals surface area (Å²) in [4.78, 5) is 11.8. The highest BCUT2D eigenvalue weighted by molar-refractivity contribution is 5.32. The summed E-state index contributed by atoms with van der Waals surface area (Å²) in [5.74, 6) is 0. The van der Waals surface area contributed by atoms with Crippen molar-refractivity contribution in [2.24, 2.45) is 4.99 Å². The van der Waals surface area contributed by atoms with Crippen molar-refractivity contribution in [1.82, 2.24) is 0 Å². The second-order valence-electron chi connectivity index (χ2n) is 1.63. The van der Waals surface area contributed by atoms with Gasteiger partial charge in [0.05, 0.1) is 0 Å². The summed E-state index contributed by atoms with van der Waals surface area (Å²) in [6, 6.07) is 0. The van der Waals surface area contributed by atoms with Crippen LogP contribution < -0.4 is 0 Å². The molecule has 0 bridgehead atoms. The van der Waals surface area contributed by atoms with Crippen LogP contribution in [-0.2, 0) is 9.53 Å². The van der Waals surface area contributed by atoms with Crippen LogP contribution >= 0.6 is 0 Å². The van der Waals surface area contributed by atoms with Gasteiger partial charge >= 0.3 is 0 Å². The fraction of sp³-hybridized carbons (Fsp3) is 0.833. The van der Waals surface area contributed by atoms with Crippen molar-refractivity contribution < 1.29 is 9.53 Å². The van der Waals surface area contributed by atoms with E-state index in [1.807, 2.05) is 0 Å². The van der Waals surface area contributed by atoms with Crippen LogP contribution in [0.15, 0.2) is 4.99 Å². The summed E-state index contributed by atoms with van der Waals surface area (Å²) in [5, 5.41) is 0. The largest absolute Gasteiger partial charge is 0.381 e. The normalized spacial score (nSPS) is 15.2. The van der Waals surface area contributed by atoms with Crippen molar-refractivity contribution in [2.75, 3.05) is 20.3 Å². The van der Waals surface area contributed by atoms with Gasteiger partial charge in [-0.15, -0.1) is 0 Å². The van der Waals surface area contributed by atoms with Gasteiger partial charge in [0.1, 0.15) is 0 Å². The molecule has 9 heavy (non-hydrogen) atoms. The van der Waals surface area contributed by atoms with Crippen LogP contribution in [0, 0.1) is 0 Å². The number of hydrogen-bond acceptors (Lipinski definition) is 3. The Balaban J connectivity index is 0.000000148. The van der Waals surface area contributed by atoms with Crippen molar-refractivity contribution in [1.29, 1.82) is 0 Å². The van der Waals surface area contributed by atoms with E-state index in [0.717, 1.165) is 13.2 Å². The molecule has 0 radical (unpaired) electrons. The van der Waals surface area contributed by atoms with Gasteiger partial charge in [-0.1, -0.05) is 0 Å². The molecular formula is C6H11NO2. The highest BCUT2D eigenvalue weighted by Crippen LogP contribution is 1.98. The van der Waals surface area contributed by atoms with E-state index in [4.69, 9.17) is 9.53 Å². The molecule has 0 saturated carbocycles. The van der Waals surface area contributed by atoms with E-state index in [2.05, 4.69) is 4.99 Å². The molecule has 0 aromatic carbocycles. The standard InChI is InChI=1S/C4H8O.C2H3NO/c1-2-4-5-3-1;1-3-2-4/h1-4H2;1H3. The molecule has 1 saturated heterocycles. The Labute approximate surface area is 54.7 Å². The van der Waals surface area contributed by atoms with Crippen LogP contribution in [0.4, 0.5) is 0 Å². The van der Waals surface area contributed by atoms with Crippen LogP contribution in [0.1, 0.15) is 12.8 Å². The van der Waals surface area contributed by atoms with Crippen molar-refractivity contribution in [3.8, 4) is 0 Å². The van der Waals surface area contributed by atoms with Crippen molar-refractivity contribution in [3.63, 3.8) is 0 Å². The zero-order valence-electron chi connectivity index (χ0n) is 5.59. The summed E-state index contributed by atoms with van der Waals surface area (Å²) in [6.45, 7) is 2.00. The third-order valence-corrected chi connectivity index (χ3v) is 0.919. The quantitative estimate of drug-likeness (QED) is 0.357. The summed E-state index contributed by atoms with van der Waals surface area (Å²) >= 11 is 0. The Morgan fingerprint density at radius 2 is 1.89 bits per heavy atom. The molecule has 0 aromatic rings. The summed E-state index contributed by atoms with van der Waals surface area (Å²) in [5.41, 5.74) is 0. The van der Waals surface area contributed by atoms with E-state index in [9.17, 15) is 0 Å². The van der Waals surface area contributed by atoms with Crippen LogP contribution in [-0.4, -0.2) is 26.3 Å². The molecule has 0 aliphatic carbocycles. The van der Waals surface area contributed by atoms with E-state index in [-0.39, 0.29) is 0 Å². The molecule has 3 nitrogen and oxygen atoms in total. The number of rotatable bonds is 0. The van der Waals surface area contributed by atoms with Gasteiger partial charge in [-0.2, -0.15) is 0 Å². The predicted octanol–water partition coefficient (Wildman–Crippen LogP) is 0.749. The Hall–Kier alpha value is -0.660. The van der Waals surface area contributed by atoms with Crippen LogP contribution in [0.25, 0.3) is 0 Å². The topological polar surface area (TPSA) is 38.7 Å². The molecule has 1 heterocycles. The summed E-state index contributed by atoms with van der Waals surface area (Å²) < 4.78 is 4.94. The van der Waals surface area contributed by atoms with Gasteiger partial charge in [0.15, 0.2) is 0 Å². The summed E-state index contributed by atoms with van der Waals surface area (Å²) in [6.07, 6.45) is 3.86. The van der Waals surface area contributed by atoms with E-state index in [0.29, 0.717) is 0 Å². The fourth-order valence-electron chi connectivity index (χ4n) is 0.510. The maximum absolute atomic E-state index is 8.88. The predicted molar refractivity (Wildman–Crippen MR) is 34.1 cm³/mol. The van der Waals surface area contributed by atoms with E-state index < -0.39 is 0 Å². The van der Waals surface area contributed by atoms with Crippen molar-refractivity contribution in [2.45, 2.75) is 12.8 Å². The first-order valence-electron chi connectivity index (χ1n) is 2.95. The Bertz CT molecular complexity index is 85.6. The molecule has 1 fully saturated rings. The first-order valence-corrected chi connectivity index (χ1v) is 2.95. The third-order valence-electron chi connectivity index (χ3n) is 0.919. The Morgan fingerprint density at radius 3 is 2.00 bits per heavy atom. The average Bonchev–Trinajstić information content (AvgIpc) is 2.43. The average molecular weight is 129 g/mol. The molecule has 1 rings (SSSR count). The fourth-order valence-corrected chi connectivity index (χ4v) is 0.510. The van der Waals surface area contributed by atoms with Crippen molar-refractivity contribution in [3.05, 3.63) is 0 Å². The number of ether oxygens (including phenoxy) is 1. The SMILES string of the molecule is C1CCOC1.CN=C=O. The highest BCUT2D eigenvalue weighted by Gasteiger charge is 1.94. The molecule has 0 amide bonds. The van der Waals surface area contributed by atoms with Crippen molar-refractivity contribution >= 4 is 6.08 Å². The Morgan fingerprint density at radius 1 is 1.44 bits per heavy atom. The maximum Gasteiger partial charge on any atom is 0.234 e. The minimum absolute atomic E-state index is 1.00. The molecule has 0 unspecified atom stereocenters. The maximum atomic E-state index is 8.88. The van der Waals surface area contributed by atoms with Gasteiger partial charge in [-0.25, -0.2) is 9.79 Å². The second-order valence-corrected chi connectivity index (χ2v) is 1.63. The van der Waals surface area contributed by atoms with E-state index >= 15 is 0 Å². The lowest BCUT2D eigenvalue weighted by Crippen LogP contribution is -1.74. The van der Waals surface area contributed by atoms with Gasteiger partial charge in [0.2, 0.25) is 6.08 Å². The molecule has 1 aliphatic rings. The van der Waals surface area contributed by atoms with Gasteiger partial charge in [0.25, 0.3) is 0 Å². The lowest BCUT2D eigenvalue weighted by atomic mass is 10.4. The molecule has 0 aromatic heterocycles. The zero-order valence-corrected chi connectivity index (χ0v) is 5.59. The minimum atomic E-state index is 1.00. The molecule has 52 valence electrons. The molecular weight excluding hydrogens is 118 g/mol. The van der Waals surface area contributed by atoms with Crippen LogP contribution in [0.3, 0.4) is 0 Å². The summed E-state index contributed by atoms with van der Waals surface area (Å²) in [7, 11) is 1.38. The first-order chi connectivity index (χ1) is 4.41. The number of hydrogen-bond donors (Lipinski definition) is 0. The Kier molecular flexibility index (Phi) is 6.80. The van der Waals surface area contributed by atoms with Crippen LogP contribution in [0.2, 0.25) is 0 Å². The van der Waals surface area contributed by atoms with Crippen LogP contribution in [0.5, 0.6) is 0 Å². The first kappa shape index (κ1) is 8.34. The monoisotopic (exact) mass is 129 g/mol.